The Labute approximate surface area is 140 Å². The summed E-state index contributed by atoms with van der Waals surface area (Å²) < 4.78 is 1.82. The van der Waals surface area contributed by atoms with E-state index < -0.39 is 5.97 Å². The van der Waals surface area contributed by atoms with Gasteiger partial charge in [-0.2, -0.15) is 5.10 Å². The number of rotatable bonds is 5. The predicted molar refractivity (Wildman–Crippen MR) is 92.0 cm³/mol. The quantitative estimate of drug-likeness (QED) is 0.680. The molecule has 0 aliphatic rings. The average Bonchev–Trinajstić information content (AvgIpc) is 2.97. The normalized spacial score (nSPS) is 11.0. The van der Waals surface area contributed by atoms with Crippen molar-refractivity contribution in [3.05, 3.63) is 83.6 Å². The number of hydrogen-bond acceptors (Lipinski definition) is 3. The van der Waals surface area contributed by atoms with E-state index in [-0.39, 0.29) is 0 Å². The Morgan fingerprint density at radius 2 is 1.83 bits per heavy atom. The van der Waals surface area contributed by atoms with E-state index in [1.54, 1.807) is 0 Å². The zero-order chi connectivity index (χ0) is 16.9. The third-order valence-electron chi connectivity index (χ3n) is 3.70. The number of carbonyl (C=O) groups is 1. The largest absolute Gasteiger partial charge is 0.545 e. The fraction of sp³-hybridized carbons (Fsp3) is 0.100. The molecule has 0 atom stereocenters. The monoisotopic (exact) mass is 317 g/mol. The van der Waals surface area contributed by atoms with Gasteiger partial charge in [0.2, 0.25) is 0 Å². The number of carboxylic acids is 1. The second-order valence-electron chi connectivity index (χ2n) is 5.63. The standard InChI is InChI=1S/C20H18N2O2/c1-15-7-9-17(10-8-15)20-18(11-12-19(23)24)14-22(21-20)13-16-5-3-2-4-6-16/h2-12,14H,13H2,1H3,(H,23,24)/p-1/b12-11+. The summed E-state index contributed by atoms with van der Waals surface area (Å²) in [6, 6.07) is 18.0. The van der Waals surface area contributed by atoms with E-state index in [1.807, 2.05) is 72.4 Å². The molecule has 1 aromatic heterocycles. The van der Waals surface area contributed by atoms with Crippen molar-refractivity contribution in [3.63, 3.8) is 0 Å². The fourth-order valence-electron chi connectivity index (χ4n) is 2.50. The molecule has 0 spiro atoms. The van der Waals surface area contributed by atoms with Crippen LogP contribution in [0.4, 0.5) is 0 Å². The summed E-state index contributed by atoms with van der Waals surface area (Å²) in [6.45, 7) is 2.65. The lowest BCUT2D eigenvalue weighted by molar-refractivity contribution is -0.297. The number of benzene rings is 2. The first kappa shape index (κ1) is 15.7. The number of aromatic nitrogens is 2. The number of aryl methyl sites for hydroxylation is 1. The lowest BCUT2D eigenvalue weighted by Gasteiger charge is -2.02. The van der Waals surface area contributed by atoms with E-state index in [0.29, 0.717) is 6.54 Å². The maximum Gasteiger partial charge on any atom is 0.0995 e. The van der Waals surface area contributed by atoms with Crippen LogP contribution in [-0.2, 0) is 11.3 Å². The molecule has 3 aromatic rings. The molecule has 0 fully saturated rings. The summed E-state index contributed by atoms with van der Waals surface area (Å²) in [6.07, 6.45) is 4.40. The first-order valence-electron chi connectivity index (χ1n) is 7.69. The summed E-state index contributed by atoms with van der Waals surface area (Å²) in [7, 11) is 0. The van der Waals surface area contributed by atoms with Crippen LogP contribution < -0.4 is 5.11 Å². The Hall–Kier alpha value is -3.14. The van der Waals surface area contributed by atoms with Crippen molar-refractivity contribution in [2.75, 3.05) is 0 Å². The minimum atomic E-state index is -1.22. The Morgan fingerprint density at radius 1 is 1.12 bits per heavy atom. The minimum absolute atomic E-state index is 0.624. The van der Waals surface area contributed by atoms with Gasteiger partial charge in [-0.15, -0.1) is 0 Å². The van der Waals surface area contributed by atoms with E-state index in [1.165, 1.54) is 6.08 Å². The first-order valence-corrected chi connectivity index (χ1v) is 7.69. The zero-order valence-electron chi connectivity index (χ0n) is 13.3. The second kappa shape index (κ2) is 6.96. The molecule has 0 saturated heterocycles. The van der Waals surface area contributed by atoms with E-state index >= 15 is 0 Å². The number of nitrogens with zero attached hydrogens (tertiary/aromatic N) is 2. The van der Waals surface area contributed by atoms with E-state index in [4.69, 9.17) is 0 Å². The van der Waals surface area contributed by atoms with Gasteiger partial charge in [0.25, 0.3) is 0 Å². The molecule has 0 bridgehead atoms. The summed E-state index contributed by atoms with van der Waals surface area (Å²) in [4.78, 5) is 10.7. The molecule has 0 amide bonds. The number of aliphatic carboxylic acids is 1. The van der Waals surface area contributed by atoms with Crippen molar-refractivity contribution in [2.45, 2.75) is 13.5 Å². The average molecular weight is 317 g/mol. The maximum atomic E-state index is 10.7. The van der Waals surface area contributed by atoms with Gasteiger partial charge in [0.15, 0.2) is 0 Å². The summed E-state index contributed by atoms with van der Waals surface area (Å²) in [5, 5.41) is 15.4. The van der Waals surface area contributed by atoms with Gasteiger partial charge >= 0.3 is 0 Å². The molecule has 1 heterocycles. The molecule has 3 rings (SSSR count). The van der Waals surface area contributed by atoms with Crippen LogP contribution in [0.25, 0.3) is 17.3 Å². The molecule has 0 N–H and O–H groups in total. The molecule has 0 aliphatic heterocycles. The van der Waals surface area contributed by atoms with Crippen molar-refractivity contribution in [2.24, 2.45) is 0 Å². The molecule has 0 radical (unpaired) electrons. The van der Waals surface area contributed by atoms with Gasteiger partial charge in [-0.1, -0.05) is 60.2 Å². The van der Waals surface area contributed by atoms with Gasteiger partial charge in [-0.05, 0) is 24.6 Å². The highest BCUT2D eigenvalue weighted by Crippen LogP contribution is 2.24. The van der Waals surface area contributed by atoms with Gasteiger partial charge < -0.3 is 9.90 Å². The molecule has 24 heavy (non-hydrogen) atoms. The van der Waals surface area contributed by atoms with Crippen LogP contribution in [0, 0.1) is 6.92 Å². The predicted octanol–water partition coefficient (Wildman–Crippen LogP) is 2.67. The first-order chi connectivity index (χ1) is 11.6. The topological polar surface area (TPSA) is 58.0 Å². The van der Waals surface area contributed by atoms with Crippen molar-refractivity contribution in [1.29, 1.82) is 0 Å². The van der Waals surface area contributed by atoms with Crippen molar-refractivity contribution in [1.82, 2.24) is 9.78 Å². The van der Waals surface area contributed by atoms with Crippen molar-refractivity contribution < 1.29 is 9.90 Å². The van der Waals surface area contributed by atoms with Crippen molar-refractivity contribution in [3.8, 4) is 11.3 Å². The number of hydrogen-bond donors (Lipinski definition) is 0. The molecule has 0 aliphatic carbocycles. The smallest absolute Gasteiger partial charge is 0.0995 e. The highest BCUT2D eigenvalue weighted by molar-refractivity contribution is 5.85. The third kappa shape index (κ3) is 3.79. The molecule has 2 aromatic carbocycles. The Kier molecular flexibility index (Phi) is 4.57. The Bertz CT molecular complexity index is 862. The number of carboxylic acid groups (broad SMARTS) is 1. The van der Waals surface area contributed by atoms with E-state index in [0.717, 1.165) is 34.0 Å². The highest BCUT2D eigenvalue weighted by Gasteiger charge is 2.09. The molecule has 4 nitrogen and oxygen atoms in total. The van der Waals surface area contributed by atoms with E-state index in [9.17, 15) is 9.90 Å². The molecule has 120 valence electrons. The molecular weight excluding hydrogens is 300 g/mol. The molecule has 4 heteroatoms. The van der Waals surface area contributed by atoms with Gasteiger partial charge in [-0.3, -0.25) is 4.68 Å². The third-order valence-corrected chi connectivity index (χ3v) is 3.70. The summed E-state index contributed by atoms with van der Waals surface area (Å²) >= 11 is 0. The van der Waals surface area contributed by atoms with Crippen LogP contribution in [0.5, 0.6) is 0 Å². The van der Waals surface area contributed by atoms with E-state index in [2.05, 4.69) is 5.10 Å². The Balaban J connectivity index is 1.98. The van der Waals surface area contributed by atoms with Crippen LogP contribution in [-0.4, -0.2) is 15.7 Å². The fourth-order valence-corrected chi connectivity index (χ4v) is 2.50. The van der Waals surface area contributed by atoms with Crippen molar-refractivity contribution >= 4 is 12.0 Å². The van der Waals surface area contributed by atoms with Gasteiger partial charge in [0, 0.05) is 17.3 Å². The van der Waals surface area contributed by atoms with Crippen LogP contribution in [0.3, 0.4) is 0 Å². The Morgan fingerprint density at radius 3 is 2.50 bits per heavy atom. The molecule has 0 unspecified atom stereocenters. The minimum Gasteiger partial charge on any atom is -0.545 e. The van der Waals surface area contributed by atoms with Gasteiger partial charge in [0.1, 0.15) is 0 Å². The number of carbonyl (C=O) groups excluding carboxylic acids is 1. The lowest BCUT2D eigenvalue weighted by atomic mass is 10.1. The highest BCUT2D eigenvalue weighted by atomic mass is 16.4. The van der Waals surface area contributed by atoms with Crippen LogP contribution in [0.1, 0.15) is 16.7 Å². The van der Waals surface area contributed by atoms with Crippen LogP contribution in [0.15, 0.2) is 66.9 Å². The van der Waals surface area contributed by atoms with Crippen LogP contribution in [0.2, 0.25) is 0 Å². The SMILES string of the molecule is Cc1ccc(-c2nn(Cc3ccccc3)cc2/C=C/C(=O)[O-])cc1. The molecule has 0 saturated carbocycles. The second-order valence-corrected chi connectivity index (χ2v) is 5.63. The van der Waals surface area contributed by atoms with Gasteiger partial charge in [-0.25, -0.2) is 0 Å². The maximum absolute atomic E-state index is 10.7. The summed E-state index contributed by atoms with van der Waals surface area (Å²) in [5.74, 6) is -1.22. The molecular formula is C20H17N2O2-. The van der Waals surface area contributed by atoms with Gasteiger partial charge in [0.05, 0.1) is 18.2 Å². The summed E-state index contributed by atoms with van der Waals surface area (Å²) in [5.41, 5.74) is 4.74. The van der Waals surface area contributed by atoms with Crippen LogP contribution >= 0.6 is 0 Å². The zero-order valence-corrected chi connectivity index (χ0v) is 13.3. The lowest BCUT2D eigenvalue weighted by Crippen LogP contribution is -2.18.